The Hall–Kier alpha value is -0.160. The Kier molecular flexibility index (Phi) is 18.7. The van der Waals surface area contributed by atoms with Crippen LogP contribution in [-0.2, 0) is 4.74 Å². The molecule has 2 N–H and O–H groups in total. The fraction of sp³-hybridized carbons (Fsp3) is 1.00. The molecule has 1 saturated heterocycles. The van der Waals surface area contributed by atoms with E-state index in [1.54, 1.807) is 0 Å². The molecule has 1 aliphatic rings. The SMILES string of the molecule is CC.CCN(CC)CC.CN(CN)CC1CCOCC1. The standard InChI is InChI=1S/C8H18N2O.C6H15N.C2H6/c1-10(7-9)6-8-2-4-11-5-3-8;1-4-7(5-2)6-3;1-2/h8H,2-7,9H2,1H3;4-6H2,1-3H3;1-2H3. The molecule has 0 amide bonds. The topological polar surface area (TPSA) is 41.7 Å². The van der Waals surface area contributed by atoms with Gasteiger partial charge in [0.25, 0.3) is 0 Å². The van der Waals surface area contributed by atoms with Gasteiger partial charge in [0.1, 0.15) is 0 Å². The van der Waals surface area contributed by atoms with Gasteiger partial charge in [0.15, 0.2) is 0 Å². The van der Waals surface area contributed by atoms with Gasteiger partial charge >= 0.3 is 0 Å². The van der Waals surface area contributed by atoms with Crippen LogP contribution in [0.25, 0.3) is 0 Å². The molecule has 0 atom stereocenters. The Balaban J connectivity index is 0. The Morgan fingerprint density at radius 1 is 1.00 bits per heavy atom. The van der Waals surface area contributed by atoms with Gasteiger partial charge in [-0.25, -0.2) is 0 Å². The number of nitrogens with two attached hydrogens (primary N) is 1. The molecule has 1 rings (SSSR count). The van der Waals surface area contributed by atoms with Crippen molar-refractivity contribution in [2.45, 2.75) is 47.5 Å². The summed E-state index contributed by atoms with van der Waals surface area (Å²) in [5.74, 6) is 0.803. The van der Waals surface area contributed by atoms with Crippen molar-refractivity contribution in [1.29, 1.82) is 0 Å². The number of rotatable bonds is 6. The highest BCUT2D eigenvalue weighted by atomic mass is 16.5. The molecule has 0 aromatic heterocycles. The summed E-state index contributed by atoms with van der Waals surface area (Å²) in [4.78, 5) is 4.54. The van der Waals surface area contributed by atoms with E-state index in [-0.39, 0.29) is 0 Å². The van der Waals surface area contributed by atoms with E-state index in [2.05, 4.69) is 37.6 Å². The summed E-state index contributed by atoms with van der Waals surface area (Å²) < 4.78 is 5.27. The molecule has 4 nitrogen and oxygen atoms in total. The van der Waals surface area contributed by atoms with Gasteiger partial charge in [-0.1, -0.05) is 34.6 Å². The third-order valence-corrected chi connectivity index (χ3v) is 3.56. The smallest absolute Gasteiger partial charge is 0.0469 e. The second-order valence-corrected chi connectivity index (χ2v) is 4.90. The number of hydrogen-bond donors (Lipinski definition) is 1. The van der Waals surface area contributed by atoms with E-state index >= 15 is 0 Å². The van der Waals surface area contributed by atoms with Crippen LogP contribution in [0.15, 0.2) is 0 Å². The Morgan fingerprint density at radius 2 is 1.45 bits per heavy atom. The largest absolute Gasteiger partial charge is 0.381 e. The van der Waals surface area contributed by atoms with Gasteiger partial charge in [-0.2, -0.15) is 0 Å². The second-order valence-electron chi connectivity index (χ2n) is 4.90. The lowest BCUT2D eigenvalue weighted by Crippen LogP contribution is -2.33. The third kappa shape index (κ3) is 12.9. The maximum absolute atomic E-state index is 5.48. The summed E-state index contributed by atoms with van der Waals surface area (Å²) in [6.45, 7) is 17.8. The quantitative estimate of drug-likeness (QED) is 0.763. The molecule has 0 radical (unpaired) electrons. The van der Waals surface area contributed by atoms with E-state index in [9.17, 15) is 0 Å². The Labute approximate surface area is 127 Å². The molecule has 0 spiro atoms. The molecule has 1 heterocycles. The molecule has 0 unspecified atom stereocenters. The minimum atomic E-state index is 0.664. The highest BCUT2D eigenvalue weighted by Crippen LogP contribution is 2.14. The van der Waals surface area contributed by atoms with Gasteiger partial charge in [-0.05, 0) is 45.4 Å². The predicted molar refractivity (Wildman–Crippen MR) is 90.0 cm³/mol. The molecule has 0 bridgehead atoms. The third-order valence-electron chi connectivity index (χ3n) is 3.56. The number of nitrogens with zero attached hydrogens (tertiary/aromatic N) is 2. The van der Waals surface area contributed by atoms with Crippen LogP contribution >= 0.6 is 0 Å². The van der Waals surface area contributed by atoms with Crippen molar-refractivity contribution in [2.24, 2.45) is 11.7 Å². The summed E-state index contributed by atoms with van der Waals surface area (Å²) in [7, 11) is 2.06. The predicted octanol–water partition coefficient (Wildman–Crippen LogP) is 2.64. The van der Waals surface area contributed by atoms with Crippen LogP contribution in [0.1, 0.15) is 47.5 Å². The van der Waals surface area contributed by atoms with Crippen molar-refractivity contribution in [2.75, 3.05) is 53.1 Å². The monoisotopic (exact) mass is 289 g/mol. The van der Waals surface area contributed by atoms with E-state index in [4.69, 9.17) is 10.5 Å². The fourth-order valence-electron chi connectivity index (χ4n) is 2.12. The lowest BCUT2D eigenvalue weighted by Gasteiger charge is -2.25. The van der Waals surface area contributed by atoms with Crippen molar-refractivity contribution >= 4 is 0 Å². The molecule has 124 valence electrons. The summed E-state index contributed by atoms with van der Waals surface area (Å²) in [6, 6.07) is 0. The molecule has 1 fully saturated rings. The van der Waals surface area contributed by atoms with Crippen molar-refractivity contribution in [3.05, 3.63) is 0 Å². The minimum absolute atomic E-state index is 0.664. The van der Waals surface area contributed by atoms with Crippen molar-refractivity contribution in [1.82, 2.24) is 9.80 Å². The molecular formula is C16H39N3O. The number of ether oxygens (including phenoxy) is 1. The zero-order valence-electron chi connectivity index (χ0n) is 14.8. The Morgan fingerprint density at radius 3 is 1.75 bits per heavy atom. The van der Waals surface area contributed by atoms with Gasteiger partial charge in [-0.3, -0.25) is 4.90 Å². The van der Waals surface area contributed by atoms with Crippen LogP contribution in [0.4, 0.5) is 0 Å². The van der Waals surface area contributed by atoms with Gasteiger partial charge < -0.3 is 15.4 Å². The van der Waals surface area contributed by atoms with Crippen LogP contribution in [-0.4, -0.2) is 62.9 Å². The lowest BCUT2D eigenvalue weighted by atomic mass is 10.0. The van der Waals surface area contributed by atoms with Gasteiger partial charge in [0.2, 0.25) is 0 Å². The summed E-state index contributed by atoms with van der Waals surface area (Å²) in [5, 5.41) is 0. The van der Waals surface area contributed by atoms with E-state index in [1.165, 1.54) is 32.5 Å². The highest BCUT2D eigenvalue weighted by molar-refractivity contribution is 4.66. The Bertz CT molecular complexity index is 164. The zero-order chi connectivity index (χ0) is 15.8. The maximum Gasteiger partial charge on any atom is 0.0469 e. The first-order chi connectivity index (χ1) is 9.67. The maximum atomic E-state index is 5.48. The zero-order valence-corrected chi connectivity index (χ0v) is 14.8. The molecule has 0 aliphatic carbocycles. The summed E-state index contributed by atoms with van der Waals surface area (Å²) in [6.07, 6.45) is 2.40. The highest BCUT2D eigenvalue weighted by Gasteiger charge is 2.14. The van der Waals surface area contributed by atoms with Gasteiger partial charge in [0.05, 0.1) is 0 Å². The van der Waals surface area contributed by atoms with Crippen LogP contribution < -0.4 is 5.73 Å². The van der Waals surface area contributed by atoms with E-state index in [1.807, 2.05) is 13.8 Å². The van der Waals surface area contributed by atoms with Crippen molar-refractivity contribution < 1.29 is 4.74 Å². The molecule has 1 aliphatic heterocycles. The number of hydrogen-bond acceptors (Lipinski definition) is 4. The minimum Gasteiger partial charge on any atom is -0.381 e. The van der Waals surface area contributed by atoms with Gasteiger partial charge in [0, 0.05) is 26.4 Å². The summed E-state index contributed by atoms with van der Waals surface area (Å²) >= 11 is 0. The molecule has 20 heavy (non-hydrogen) atoms. The lowest BCUT2D eigenvalue weighted by molar-refractivity contribution is 0.0560. The van der Waals surface area contributed by atoms with Crippen LogP contribution in [0.3, 0.4) is 0 Å². The van der Waals surface area contributed by atoms with Crippen LogP contribution in [0.5, 0.6) is 0 Å². The van der Waals surface area contributed by atoms with E-state index < -0.39 is 0 Å². The van der Waals surface area contributed by atoms with Crippen molar-refractivity contribution in [3.63, 3.8) is 0 Å². The molecule has 0 saturated carbocycles. The summed E-state index contributed by atoms with van der Waals surface area (Å²) in [5.41, 5.74) is 5.48. The fourth-order valence-corrected chi connectivity index (χ4v) is 2.12. The first-order valence-corrected chi connectivity index (χ1v) is 8.36. The first kappa shape index (κ1) is 22.1. The molecule has 0 aromatic rings. The van der Waals surface area contributed by atoms with Crippen LogP contribution in [0.2, 0.25) is 0 Å². The van der Waals surface area contributed by atoms with E-state index in [0.717, 1.165) is 25.7 Å². The first-order valence-electron chi connectivity index (χ1n) is 8.36. The van der Waals surface area contributed by atoms with Crippen molar-refractivity contribution in [3.8, 4) is 0 Å². The van der Waals surface area contributed by atoms with E-state index in [0.29, 0.717) is 6.67 Å². The second kappa shape index (κ2) is 16.9. The molecule has 4 heteroatoms. The average molecular weight is 290 g/mol. The molecule has 0 aromatic carbocycles. The normalized spacial score (nSPS) is 15.4. The molecular weight excluding hydrogens is 250 g/mol. The average Bonchev–Trinajstić information content (AvgIpc) is 2.52. The van der Waals surface area contributed by atoms with Gasteiger partial charge in [-0.15, -0.1) is 0 Å². The van der Waals surface area contributed by atoms with Crippen LogP contribution in [0, 0.1) is 5.92 Å².